The van der Waals surface area contributed by atoms with Crippen molar-refractivity contribution in [3.8, 4) is 5.75 Å². The van der Waals surface area contributed by atoms with Gasteiger partial charge in [0.2, 0.25) is 0 Å². The van der Waals surface area contributed by atoms with E-state index < -0.39 is 23.1 Å². The van der Waals surface area contributed by atoms with Crippen LogP contribution >= 0.6 is 0 Å². The van der Waals surface area contributed by atoms with E-state index >= 15 is 0 Å². The minimum absolute atomic E-state index is 0.0593. The number of nitrogens with one attached hydrogen (secondary N) is 1. The third-order valence-corrected chi connectivity index (χ3v) is 4.33. The van der Waals surface area contributed by atoms with Crippen LogP contribution in [0.4, 0.5) is 8.78 Å². The highest BCUT2D eigenvalue weighted by Crippen LogP contribution is 2.30. The molecule has 0 radical (unpaired) electrons. The van der Waals surface area contributed by atoms with Crippen molar-refractivity contribution in [3.63, 3.8) is 0 Å². The summed E-state index contributed by atoms with van der Waals surface area (Å²) in [5.74, 6) is -2.12. The Morgan fingerprint density at radius 2 is 2.04 bits per heavy atom. The summed E-state index contributed by atoms with van der Waals surface area (Å²) in [7, 11) is 0. The van der Waals surface area contributed by atoms with Crippen molar-refractivity contribution in [1.82, 2.24) is 5.32 Å². The number of carbonyl (C=O) groups is 1. The number of benzene rings is 2. The molecule has 1 aliphatic heterocycles. The van der Waals surface area contributed by atoms with E-state index in [2.05, 4.69) is 16.9 Å². The van der Waals surface area contributed by atoms with Gasteiger partial charge in [-0.1, -0.05) is 12.6 Å². The number of aryl methyl sites for hydroxylation is 1. The molecular formula is C21H19F2N3O2. The zero-order valence-corrected chi connectivity index (χ0v) is 15.3. The lowest BCUT2D eigenvalue weighted by Crippen LogP contribution is -2.25. The maximum absolute atomic E-state index is 13.7. The Hall–Kier alpha value is -3.48. The van der Waals surface area contributed by atoms with Crippen LogP contribution in [0.1, 0.15) is 27.0 Å². The van der Waals surface area contributed by atoms with Crippen molar-refractivity contribution in [3.05, 3.63) is 82.8 Å². The van der Waals surface area contributed by atoms with Crippen LogP contribution in [0.15, 0.2) is 53.9 Å². The molecule has 0 aromatic heterocycles. The molecule has 0 aliphatic carbocycles. The van der Waals surface area contributed by atoms with Crippen molar-refractivity contribution >= 4 is 17.7 Å². The molecule has 0 unspecified atom stereocenters. The minimum Gasteiger partial charge on any atom is -0.493 e. The van der Waals surface area contributed by atoms with E-state index in [0.29, 0.717) is 12.2 Å². The van der Waals surface area contributed by atoms with Crippen LogP contribution in [0, 0.1) is 18.6 Å². The monoisotopic (exact) mass is 383 g/mol. The highest BCUT2D eigenvalue weighted by Gasteiger charge is 2.18. The van der Waals surface area contributed by atoms with Gasteiger partial charge in [0, 0.05) is 18.8 Å². The normalized spacial score (nSPS) is 13.3. The van der Waals surface area contributed by atoms with Gasteiger partial charge in [-0.15, -0.1) is 0 Å². The van der Waals surface area contributed by atoms with Crippen molar-refractivity contribution < 1.29 is 18.3 Å². The summed E-state index contributed by atoms with van der Waals surface area (Å²) in [6, 6.07) is 7.10. The van der Waals surface area contributed by atoms with E-state index in [-0.39, 0.29) is 5.82 Å². The SMILES string of the molecule is C=C(C=N/C(=C\N)NC(=O)c1c(F)cccc1F)c1cc2c(cc1C)OCC2. The van der Waals surface area contributed by atoms with E-state index in [1.165, 1.54) is 12.3 Å². The third kappa shape index (κ3) is 3.93. The lowest BCUT2D eigenvalue weighted by Gasteiger charge is -2.09. The number of carbonyl (C=O) groups excluding carboxylic acids is 1. The van der Waals surface area contributed by atoms with E-state index in [4.69, 9.17) is 10.5 Å². The quantitative estimate of drug-likeness (QED) is 0.776. The molecule has 0 atom stereocenters. The topological polar surface area (TPSA) is 76.7 Å². The van der Waals surface area contributed by atoms with Gasteiger partial charge in [0.1, 0.15) is 28.8 Å². The average molecular weight is 383 g/mol. The highest BCUT2D eigenvalue weighted by atomic mass is 19.1. The number of amides is 1. The van der Waals surface area contributed by atoms with Gasteiger partial charge in [-0.05, 0) is 53.5 Å². The van der Waals surface area contributed by atoms with E-state index in [0.717, 1.165) is 47.2 Å². The number of hydrogen-bond donors (Lipinski definition) is 2. The molecule has 1 heterocycles. The van der Waals surface area contributed by atoms with Crippen molar-refractivity contribution in [2.45, 2.75) is 13.3 Å². The maximum Gasteiger partial charge on any atom is 0.262 e. The summed E-state index contributed by atoms with van der Waals surface area (Å²) in [6.07, 6.45) is 3.29. The zero-order chi connectivity index (χ0) is 20.3. The van der Waals surface area contributed by atoms with Gasteiger partial charge in [0.15, 0.2) is 0 Å². The molecule has 0 bridgehead atoms. The molecule has 2 aromatic carbocycles. The number of allylic oxidation sites excluding steroid dienone is 1. The largest absolute Gasteiger partial charge is 0.493 e. The molecule has 3 rings (SSSR count). The van der Waals surface area contributed by atoms with Crippen molar-refractivity contribution in [2.24, 2.45) is 10.7 Å². The fourth-order valence-electron chi connectivity index (χ4n) is 2.90. The first-order valence-corrected chi connectivity index (χ1v) is 8.57. The Labute approximate surface area is 161 Å². The number of nitrogens with two attached hydrogens (primary N) is 1. The van der Waals surface area contributed by atoms with Gasteiger partial charge in [-0.3, -0.25) is 4.79 Å². The second-order valence-electron chi connectivity index (χ2n) is 6.26. The van der Waals surface area contributed by atoms with Gasteiger partial charge >= 0.3 is 0 Å². The molecule has 0 saturated carbocycles. The number of rotatable bonds is 5. The first-order chi connectivity index (χ1) is 13.4. The number of halogens is 2. The molecule has 1 aliphatic rings. The Morgan fingerprint density at radius 3 is 2.71 bits per heavy atom. The van der Waals surface area contributed by atoms with Crippen LogP contribution in [0.25, 0.3) is 5.57 Å². The van der Waals surface area contributed by atoms with Gasteiger partial charge < -0.3 is 15.8 Å². The van der Waals surface area contributed by atoms with E-state index in [1.54, 1.807) is 0 Å². The Morgan fingerprint density at radius 1 is 1.32 bits per heavy atom. The Bertz CT molecular complexity index is 993. The van der Waals surface area contributed by atoms with Crippen LogP contribution in [-0.4, -0.2) is 18.7 Å². The number of ether oxygens (including phenoxy) is 1. The second-order valence-corrected chi connectivity index (χ2v) is 6.26. The first kappa shape index (κ1) is 19.3. The van der Waals surface area contributed by atoms with Gasteiger partial charge in [0.25, 0.3) is 5.91 Å². The molecule has 0 fully saturated rings. The molecular weight excluding hydrogens is 364 g/mol. The third-order valence-electron chi connectivity index (χ3n) is 4.33. The van der Waals surface area contributed by atoms with Crippen LogP contribution in [0.2, 0.25) is 0 Å². The smallest absolute Gasteiger partial charge is 0.262 e. The zero-order valence-electron chi connectivity index (χ0n) is 15.3. The van der Waals surface area contributed by atoms with Gasteiger partial charge in [-0.2, -0.15) is 0 Å². The summed E-state index contributed by atoms with van der Waals surface area (Å²) < 4.78 is 33.0. The lowest BCUT2D eigenvalue weighted by atomic mass is 9.98. The summed E-state index contributed by atoms with van der Waals surface area (Å²) in [5.41, 5.74) is 8.31. The minimum atomic E-state index is -0.985. The summed E-state index contributed by atoms with van der Waals surface area (Å²) >= 11 is 0. The van der Waals surface area contributed by atoms with Crippen molar-refractivity contribution in [1.29, 1.82) is 0 Å². The fourth-order valence-corrected chi connectivity index (χ4v) is 2.90. The standard InChI is InChI=1S/C21H19F2N3O2/c1-12-8-18-14(6-7-28-18)9-15(12)13(2)11-25-19(10-24)26-21(27)20-16(22)4-3-5-17(20)23/h3-5,8-11H,2,6-7,24H2,1H3,(H,26,27)/b19-10+,25-11?. The first-order valence-electron chi connectivity index (χ1n) is 8.57. The summed E-state index contributed by atoms with van der Waals surface area (Å²) in [5, 5.41) is 2.29. The molecule has 2 aromatic rings. The lowest BCUT2D eigenvalue weighted by molar-refractivity contribution is 0.0957. The second kappa shape index (κ2) is 8.04. The van der Waals surface area contributed by atoms with Crippen LogP contribution in [0.3, 0.4) is 0 Å². The van der Waals surface area contributed by atoms with Gasteiger partial charge in [-0.25, -0.2) is 13.8 Å². The predicted octanol–water partition coefficient (Wildman–Crippen LogP) is 3.48. The molecule has 0 spiro atoms. The van der Waals surface area contributed by atoms with E-state index in [1.807, 2.05) is 19.1 Å². The van der Waals surface area contributed by atoms with Crippen LogP contribution in [0.5, 0.6) is 5.75 Å². The fraction of sp³-hybridized carbons (Fsp3) is 0.143. The van der Waals surface area contributed by atoms with Crippen molar-refractivity contribution in [2.75, 3.05) is 6.61 Å². The molecule has 5 nitrogen and oxygen atoms in total. The van der Waals surface area contributed by atoms with Crippen LogP contribution in [-0.2, 0) is 6.42 Å². The number of hydrogen-bond acceptors (Lipinski definition) is 4. The molecule has 3 N–H and O–H groups in total. The van der Waals surface area contributed by atoms with E-state index in [9.17, 15) is 13.6 Å². The Kier molecular flexibility index (Phi) is 5.54. The highest BCUT2D eigenvalue weighted by molar-refractivity contribution is 6.10. The number of aliphatic imine (C=N–C) groups is 1. The average Bonchev–Trinajstić information content (AvgIpc) is 3.11. The predicted molar refractivity (Wildman–Crippen MR) is 104 cm³/mol. The van der Waals surface area contributed by atoms with Crippen LogP contribution < -0.4 is 15.8 Å². The molecule has 144 valence electrons. The molecule has 7 heteroatoms. The summed E-state index contributed by atoms with van der Waals surface area (Å²) in [6.45, 7) is 6.57. The Balaban J connectivity index is 1.75. The molecule has 1 amide bonds. The molecule has 0 saturated heterocycles. The maximum atomic E-state index is 13.7. The number of nitrogens with zero attached hydrogens (tertiary/aromatic N) is 1. The molecule has 28 heavy (non-hydrogen) atoms. The number of fused-ring (bicyclic) bond motifs is 1. The van der Waals surface area contributed by atoms with Gasteiger partial charge in [0.05, 0.1) is 6.61 Å². The summed E-state index contributed by atoms with van der Waals surface area (Å²) in [4.78, 5) is 16.2.